The highest BCUT2D eigenvalue weighted by Gasteiger charge is 2.29. The number of benzene rings is 1. The molecule has 0 bridgehead atoms. The van der Waals surface area contributed by atoms with Crippen LogP contribution < -0.4 is 10.1 Å². The minimum atomic E-state index is -0.0872. The van der Waals surface area contributed by atoms with Gasteiger partial charge in [-0.1, -0.05) is 17.7 Å². The van der Waals surface area contributed by atoms with Gasteiger partial charge in [0.2, 0.25) is 0 Å². The number of nitrogens with one attached hydrogen (secondary N) is 1. The molecule has 2 saturated heterocycles. The lowest BCUT2D eigenvalue weighted by Gasteiger charge is -2.37. The third kappa shape index (κ3) is 5.50. The van der Waals surface area contributed by atoms with E-state index in [0.29, 0.717) is 42.3 Å². The summed E-state index contributed by atoms with van der Waals surface area (Å²) in [6.45, 7) is 7.35. The first-order valence-corrected chi connectivity index (χ1v) is 10.4. The molecule has 2 amide bonds. The standard InChI is InChI=1S/C20H30ClN3O3/c1-2-26-13-14-27-19-17(21)8-5-9-18(19)22-20(25)24-12-6-7-16(15-24)23-10-3-4-11-23/h5,8-9,16H,2-4,6-7,10-15H2,1H3,(H,22,25). The Morgan fingerprint density at radius 2 is 2.04 bits per heavy atom. The van der Waals surface area contributed by atoms with E-state index in [9.17, 15) is 4.79 Å². The van der Waals surface area contributed by atoms with E-state index >= 15 is 0 Å². The van der Waals surface area contributed by atoms with Crippen LogP contribution in [0.25, 0.3) is 0 Å². The molecule has 7 heteroatoms. The lowest BCUT2D eigenvalue weighted by atomic mass is 10.0. The van der Waals surface area contributed by atoms with Gasteiger partial charge in [0, 0.05) is 25.7 Å². The number of halogens is 1. The van der Waals surface area contributed by atoms with Gasteiger partial charge in [0.25, 0.3) is 0 Å². The van der Waals surface area contributed by atoms with E-state index < -0.39 is 0 Å². The van der Waals surface area contributed by atoms with Crippen LogP contribution >= 0.6 is 11.6 Å². The van der Waals surface area contributed by atoms with Crippen LogP contribution in [0, 0.1) is 0 Å². The fraction of sp³-hybridized carbons (Fsp3) is 0.650. The number of para-hydroxylation sites is 1. The number of likely N-dealkylation sites (tertiary alicyclic amines) is 2. The van der Waals surface area contributed by atoms with Crippen LogP contribution in [0.15, 0.2) is 18.2 Å². The topological polar surface area (TPSA) is 54.0 Å². The first-order chi connectivity index (χ1) is 13.2. The fourth-order valence-corrected chi connectivity index (χ4v) is 4.07. The molecule has 1 atom stereocenters. The van der Waals surface area contributed by atoms with Crippen molar-refractivity contribution in [3.8, 4) is 5.75 Å². The van der Waals surface area contributed by atoms with Gasteiger partial charge in [-0.05, 0) is 57.8 Å². The van der Waals surface area contributed by atoms with Gasteiger partial charge in [-0.15, -0.1) is 0 Å². The molecule has 2 aliphatic heterocycles. The van der Waals surface area contributed by atoms with Crippen LogP contribution in [-0.2, 0) is 4.74 Å². The Labute approximate surface area is 166 Å². The smallest absolute Gasteiger partial charge is 0.322 e. The summed E-state index contributed by atoms with van der Waals surface area (Å²) in [5.41, 5.74) is 0.604. The first-order valence-electron chi connectivity index (χ1n) is 9.98. The third-order valence-corrected chi connectivity index (χ3v) is 5.53. The van der Waals surface area contributed by atoms with Gasteiger partial charge < -0.3 is 19.7 Å². The highest BCUT2D eigenvalue weighted by atomic mass is 35.5. The molecule has 2 heterocycles. The van der Waals surface area contributed by atoms with Crippen molar-refractivity contribution in [2.45, 2.75) is 38.6 Å². The largest absolute Gasteiger partial charge is 0.487 e. The number of nitrogens with zero attached hydrogens (tertiary/aromatic N) is 2. The maximum absolute atomic E-state index is 12.8. The Morgan fingerprint density at radius 3 is 2.81 bits per heavy atom. The summed E-state index contributed by atoms with van der Waals surface area (Å²) in [6, 6.07) is 5.79. The number of rotatable bonds is 7. The van der Waals surface area contributed by atoms with Gasteiger partial charge >= 0.3 is 6.03 Å². The molecule has 2 aliphatic rings. The van der Waals surface area contributed by atoms with Gasteiger partial charge in [-0.25, -0.2) is 4.79 Å². The van der Waals surface area contributed by atoms with Crippen molar-refractivity contribution in [1.82, 2.24) is 9.80 Å². The lowest BCUT2D eigenvalue weighted by Crippen LogP contribution is -2.50. The number of amides is 2. The summed E-state index contributed by atoms with van der Waals surface area (Å²) in [6.07, 6.45) is 4.76. The van der Waals surface area contributed by atoms with E-state index in [1.807, 2.05) is 24.0 Å². The molecule has 0 radical (unpaired) electrons. The first kappa shape index (κ1) is 20.2. The molecule has 1 aromatic carbocycles. The average molecular weight is 396 g/mol. The predicted molar refractivity (Wildman–Crippen MR) is 108 cm³/mol. The summed E-state index contributed by atoms with van der Waals surface area (Å²) in [5, 5.41) is 3.48. The van der Waals surface area contributed by atoms with Crippen LogP contribution in [0.1, 0.15) is 32.6 Å². The van der Waals surface area contributed by atoms with Crippen molar-refractivity contribution >= 4 is 23.3 Å². The average Bonchev–Trinajstić information content (AvgIpc) is 3.22. The molecule has 6 nitrogen and oxygen atoms in total. The minimum Gasteiger partial charge on any atom is -0.487 e. The lowest BCUT2D eigenvalue weighted by molar-refractivity contribution is 0.110. The Hall–Kier alpha value is -1.50. The highest BCUT2D eigenvalue weighted by molar-refractivity contribution is 6.32. The summed E-state index contributed by atoms with van der Waals surface area (Å²) >= 11 is 6.28. The fourth-order valence-electron chi connectivity index (χ4n) is 3.84. The van der Waals surface area contributed by atoms with E-state index in [4.69, 9.17) is 21.1 Å². The number of hydrogen-bond acceptors (Lipinski definition) is 4. The van der Waals surface area contributed by atoms with Gasteiger partial charge in [0.15, 0.2) is 5.75 Å². The van der Waals surface area contributed by atoms with Gasteiger partial charge in [0.1, 0.15) is 6.61 Å². The Kier molecular flexibility index (Phi) is 7.61. The summed E-state index contributed by atoms with van der Waals surface area (Å²) in [4.78, 5) is 17.3. The molecular weight excluding hydrogens is 366 g/mol. The molecular formula is C20H30ClN3O3. The summed E-state index contributed by atoms with van der Waals surface area (Å²) in [7, 11) is 0. The van der Waals surface area contributed by atoms with Crippen molar-refractivity contribution in [3.63, 3.8) is 0 Å². The number of urea groups is 1. The zero-order valence-corrected chi connectivity index (χ0v) is 16.8. The van der Waals surface area contributed by atoms with Crippen LogP contribution in [0.5, 0.6) is 5.75 Å². The number of carbonyl (C=O) groups is 1. The number of anilines is 1. The van der Waals surface area contributed by atoms with Crippen LogP contribution in [0.2, 0.25) is 5.02 Å². The molecule has 150 valence electrons. The van der Waals surface area contributed by atoms with E-state index in [1.54, 1.807) is 6.07 Å². The van der Waals surface area contributed by atoms with E-state index in [0.717, 1.165) is 32.6 Å². The number of carbonyl (C=O) groups excluding carboxylic acids is 1. The molecule has 27 heavy (non-hydrogen) atoms. The maximum Gasteiger partial charge on any atom is 0.322 e. The molecule has 1 unspecified atom stereocenters. The SMILES string of the molecule is CCOCCOc1c(Cl)cccc1NC(=O)N1CCCC(N2CCCC2)C1. The monoisotopic (exact) mass is 395 g/mol. The van der Waals surface area contributed by atoms with Gasteiger partial charge in [-0.2, -0.15) is 0 Å². The number of piperidine rings is 1. The molecule has 0 spiro atoms. The second kappa shape index (κ2) is 10.2. The van der Waals surface area contributed by atoms with Crippen molar-refractivity contribution in [3.05, 3.63) is 23.2 Å². The van der Waals surface area contributed by atoms with Crippen LogP contribution in [0.4, 0.5) is 10.5 Å². The molecule has 0 aliphatic carbocycles. The number of ether oxygens (including phenoxy) is 2. The van der Waals surface area contributed by atoms with Gasteiger partial charge in [-0.3, -0.25) is 4.90 Å². The van der Waals surface area contributed by atoms with Gasteiger partial charge in [0.05, 0.1) is 17.3 Å². The Balaban J connectivity index is 1.60. The van der Waals surface area contributed by atoms with Crippen LogP contribution in [-0.4, -0.2) is 67.9 Å². The van der Waals surface area contributed by atoms with E-state index in [-0.39, 0.29) is 6.03 Å². The molecule has 2 fully saturated rings. The molecule has 1 N–H and O–H groups in total. The van der Waals surface area contributed by atoms with Crippen molar-refractivity contribution in [1.29, 1.82) is 0 Å². The predicted octanol–water partition coefficient (Wildman–Crippen LogP) is 3.85. The van der Waals surface area contributed by atoms with Crippen molar-refractivity contribution < 1.29 is 14.3 Å². The second-order valence-electron chi connectivity index (χ2n) is 7.08. The minimum absolute atomic E-state index is 0.0872. The van der Waals surface area contributed by atoms with Crippen LogP contribution in [0.3, 0.4) is 0 Å². The van der Waals surface area contributed by atoms with E-state index in [2.05, 4.69) is 10.2 Å². The zero-order valence-electron chi connectivity index (χ0n) is 16.1. The summed E-state index contributed by atoms with van der Waals surface area (Å²) in [5.74, 6) is 0.500. The molecule has 0 aromatic heterocycles. The second-order valence-corrected chi connectivity index (χ2v) is 7.48. The summed E-state index contributed by atoms with van der Waals surface area (Å²) < 4.78 is 11.1. The van der Waals surface area contributed by atoms with E-state index in [1.165, 1.54) is 19.3 Å². The molecule has 0 saturated carbocycles. The normalized spacial score (nSPS) is 20.7. The highest BCUT2D eigenvalue weighted by Crippen LogP contribution is 2.33. The Morgan fingerprint density at radius 1 is 1.22 bits per heavy atom. The number of hydrogen-bond donors (Lipinski definition) is 1. The maximum atomic E-state index is 12.8. The molecule has 1 aromatic rings. The Bertz CT molecular complexity index is 622. The third-order valence-electron chi connectivity index (χ3n) is 5.23. The quantitative estimate of drug-likeness (QED) is 0.712. The van der Waals surface area contributed by atoms with Crippen molar-refractivity contribution in [2.75, 3.05) is 51.3 Å². The molecule has 3 rings (SSSR count). The van der Waals surface area contributed by atoms with Crippen molar-refractivity contribution in [2.24, 2.45) is 0 Å². The zero-order chi connectivity index (χ0) is 19.1.